The Hall–Kier alpha value is -3.60. The van der Waals surface area contributed by atoms with E-state index in [0.29, 0.717) is 56.0 Å². The number of amides is 1. The first kappa shape index (κ1) is 29.9. The predicted octanol–water partition coefficient (Wildman–Crippen LogP) is 3.48. The van der Waals surface area contributed by atoms with Gasteiger partial charge in [0.2, 0.25) is 10.0 Å². The number of aliphatic hydroxyl groups is 1. The van der Waals surface area contributed by atoms with Gasteiger partial charge in [-0.05, 0) is 67.1 Å². The van der Waals surface area contributed by atoms with Crippen LogP contribution in [0.2, 0.25) is 0 Å². The number of hydrogen-bond donors (Lipinski definition) is 4. The topological polar surface area (TPSA) is 120 Å². The SMILES string of the molecule is CCNc1cc(C(=O)N[C@@H](Cc2ccccc2)[C@H](O)CNCc2ccc3c(c2)OCC3)cc(N2CCCCS2(=O)=O)c1. The Kier molecular flexibility index (Phi) is 9.66. The van der Waals surface area contributed by atoms with Crippen LogP contribution < -0.4 is 25.0 Å². The van der Waals surface area contributed by atoms with Gasteiger partial charge in [0.25, 0.3) is 5.91 Å². The van der Waals surface area contributed by atoms with Crippen LogP contribution in [0.3, 0.4) is 0 Å². The van der Waals surface area contributed by atoms with Gasteiger partial charge >= 0.3 is 0 Å². The highest BCUT2D eigenvalue weighted by Gasteiger charge is 2.28. The van der Waals surface area contributed by atoms with Gasteiger partial charge in [-0.15, -0.1) is 0 Å². The molecule has 2 atom stereocenters. The van der Waals surface area contributed by atoms with E-state index in [1.54, 1.807) is 18.2 Å². The third kappa shape index (κ3) is 7.42. The smallest absolute Gasteiger partial charge is 0.251 e. The molecular formula is C32H40N4O5S. The quantitative estimate of drug-likeness (QED) is 0.254. The van der Waals surface area contributed by atoms with E-state index in [-0.39, 0.29) is 18.2 Å². The standard InChI is InChI=1S/C32H40N4O5S/c1-2-34-27-18-26(19-28(20-27)36-13-6-7-15-42(36,39)40)32(38)35-29(16-23-8-4-3-5-9-23)30(37)22-33-21-24-10-11-25-12-14-41-31(25)17-24/h3-5,8-11,17-20,29-30,33-34,37H,2,6-7,12-16,21-22H2,1H3,(H,35,38)/t29-,30+/m0/s1. The summed E-state index contributed by atoms with van der Waals surface area (Å²) in [6.45, 7) is 4.48. The largest absolute Gasteiger partial charge is 0.493 e. The fraction of sp³-hybridized carbons (Fsp3) is 0.406. The van der Waals surface area contributed by atoms with Gasteiger partial charge in [-0.2, -0.15) is 0 Å². The van der Waals surface area contributed by atoms with Crippen LogP contribution >= 0.6 is 0 Å². The zero-order valence-electron chi connectivity index (χ0n) is 24.0. The number of carbonyl (C=O) groups excluding carboxylic acids is 1. The summed E-state index contributed by atoms with van der Waals surface area (Å²) in [5.74, 6) is 0.637. The van der Waals surface area contributed by atoms with E-state index in [0.717, 1.165) is 29.7 Å². The number of sulfonamides is 1. The first-order valence-corrected chi connectivity index (χ1v) is 16.3. The van der Waals surface area contributed by atoms with Gasteiger partial charge in [-0.1, -0.05) is 42.5 Å². The van der Waals surface area contributed by atoms with E-state index in [9.17, 15) is 18.3 Å². The summed E-state index contributed by atoms with van der Waals surface area (Å²) in [6.07, 6.45) is 1.88. The lowest BCUT2D eigenvalue weighted by Crippen LogP contribution is -2.48. The molecule has 224 valence electrons. The molecule has 1 amide bonds. The van der Waals surface area contributed by atoms with Crippen LogP contribution in [-0.2, 0) is 29.4 Å². The summed E-state index contributed by atoms with van der Waals surface area (Å²) < 4.78 is 32.7. The van der Waals surface area contributed by atoms with Crippen molar-refractivity contribution in [2.45, 2.75) is 51.3 Å². The van der Waals surface area contributed by atoms with Crippen LogP contribution in [0.1, 0.15) is 46.8 Å². The van der Waals surface area contributed by atoms with Gasteiger partial charge in [0.15, 0.2) is 0 Å². The number of nitrogens with one attached hydrogen (secondary N) is 3. The van der Waals surface area contributed by atoms with Crippen LogP contribution in [0, 0.1) is 0 Å². The minimum absolute atomic E-state index is 0.0940. The first-order chi connectivity index (χ1) is 20.3. The van der Waals surface area contributed by atoms with E-state index < -0.39 is 22.2 Å². The Labute approximate surface area is 248 Å². The number of ether oxygens (including phenoxy) is 1. The molecule has 0 bridgehead atoms. The third-order valence-electron chi connectivity index (χ3n) is 7.72. The summed E-state index contributed by atoms with van der Waals surface area (Å²) in [4.78, 5) is 13.7. The van der Waals surface area contributed by atoms with E-state index in [1.807, 2.05) is 43.3 Å². The van der Waals surface area contributed by atoms with Gasteiger partial charge in [0, 0.05) is 43.9 Å². The van der Waals surface area contributed by atoms with Crippen molar-refractivity contribution in [1.82, 2.24) is 10.6 Å². The van der Waals surface area contributed by atoms with Crippen molar-refractivity contribution in [3.8, 4) is 5.75 Å². The van der Waals surface area contributed by atoms with Gasteiger partial charge in [-0.3, -0.25) is 9.10 Å². The number of carbonyl (C=O) groups is 1. The molecule has 2 heterocycles. The van der Waals surface area contributed by atoms with Crippen LogP contribution in [0.25, 0.3) is 0 Å². The maximum atomic E-state index is 13.7. The molecule has 2 aliphatic heterocycles. The maximum absolute atomic E-state index is 13.7. The van der Waals surface area contributed by atoms with Crippen molar-refractivity contribution in [2.24, 2.45) is 0 Å². The lowest BCUT2D eigenvalue weighted by molar-refractivity contribution is 0.0830. The van der Waals surface area contributed by atoms with Crippen molar-refractivity contribution in [2.75, 3.05) is 41.6 Å². The van der Waals surface area contributed by atoms with Gasteiger partial charge in [0.05, 0.1) is 30.2 Å². The van der Waals surface area contributed by atoms with Crippen molar-refractivity contribution >= 4 is 27.3 Å². The molecule has 0 unspecified atom stereocenters. The van der Waals surface area contributed by atoms with Gasteiger partial charge in [0.1, 0.15) is 5.75 Å². The van der Waals surface area contributed by atoms with E-state index >= 15 is 0 Å². The minimum Gasteiger partial charge on any atom is -0.493 e. The Bertz CT molecular complexity index is 1480. The second-order valence-corrected chi connectivity index (χ2v) is 12.9. The normalized spacial score (nSPS) is 17.1. The first-order valence-electron chi connectivity index (χ1n) is 14.7. The lowest BCUT2D eigenvalue weighted by atomic mass is 10.00. The van der Waals surface area contributed by atoms with E-state index in [4.69, 9.17) is 4.74 Å². The van der Waals surface area contributed by atoms with Gasteiger partial charge in [-0.25, -0.2) is 8.42 Å². The fourth-order valence-electron chi connectivity index (χ4n) is 5.50. The highest BCUT2D eigenvalue weighted by Crippen LogP contribution is 2.29. The molecule has 10 heteroatoms. The Morgan fingerprint density at radius 2 is 1.88 bits per heavy atom. The number of hydrogen-bond acceptors (Lipinski definition) is 7. The summed E-state index contributed by atoms with van der Waals surface area (Å²) in [6, 6.07) is 20.4. The molecule has 42 heavy (non-hydrogen) atoms. The molecule has 0 aromatic heterocycles. The van der Waals surface area contributed by atoms with Crippen molar-refractivity contribution in [3.63, 3.8) is 0 Å². The van der Waals surface area contributed by atoms with Gasteiger partial charge < -0.3 is 25.8 Å². The Morgan fingerprint density at radius 1 is 1.05 bits per heavy atom. The molecule has 0 aliphatic carbocycles. The van der Waals surface area contributed by atoms with E-state index in [1.165, 1.54) is 9.87 Å². The number of benzene rings is 3. The zero-order valence-corrected chi connectivity index (χ0v) is 24.8. The molecule has 0 spiro atoms. The van der Waals surface area contributed by atoms with Crippen molar-refractivity contribution < 1.29 is 23.1 Å². The molecule has 2 aliphatic rings. The van der Waals surface area contributed by atoms with Crippen LogP contribution in [-0.4, -0.2) is 63.6 Å². The average molecular weight is 593 g/mol. The summed E-state index contributed by atoms with van der Waals surface area (Å²) in [5, 5.41) is 20.8. The molecule has 9 nitrogen and oxygen atoms in total. The number of fused-ring (bicyclic) bond motifs is 1. The fourth-order valence-corrected chi connectivity index (χ4v) is 7.12. The highest BCUT2D eigenvalue weighted by atomic mass is 32.2. The number of aliphatic hydroxyl groups excluding tert-OH is 1. The zero-order chi connectivity index (χ0) is 29.5. The van der Waals surface area contributed by atoms with Crippen molar-refractivity contribution in [3.05, 3.63) is 89.0 Å². The molecule has 3 aromatic carbocycles. The monoisotopic (exact) mass is 592 g/mol. The predicted molar refractivity (Wildman–Crippen MR) is 166 cm³/mol. The second-order valence-electron chi connectivity index (χ2n) is 10.9. The third-order valence-corrected chi connectivity index (χ3v) is 9.59. The molecule has 3 aromatic rings. The molecule has 1 fully saturated rings. The van der Waals surface area contributed by atoms with Crippen LogP contribution in [0.4, 0.5) is 11.4 Å². The number of nitrogens with zero attached hydrogens (tertiary/aromatic N) is 1. The lowest BCUT2D eigenvalue weighted by Gasteiger charge is -2.29. The highest BCUT2D eigenvalue weighted by molar-refractivity contribution is 7.92. The minimum atomic E-state index is -3.45. The Morgan fingerprint density at radius 3 is 2.67 bits per heavy atom. The number of anilines is 2. The molecule has 1 saturated heterocycles. The van der Waals surface area contributed by atoms with Crippen LogP contribution in [0.15, 0.2) is 66.7 Å². The molecule has 4 N–H and O–H groups in total. The van der Waals surface area contributed by atoms with Crippen LogP contribution in [0.5, 0.6) is 5.75 Å². The Balaban J connectivity index is 1.32. The molecular weight excluding hydrogens is 552 g/mol. The van der Waals surface area contributed by atoms with E-state index in [2.05, 4.69) is 28.1 Å². The summed E-state index contributed by atoms with van der Waals surface area (Å²) in [5.41, 5.74) is 4.73. The second kappa shape index (κ2) is 13.6. The summed E-state index contributed by atoms with van der Waals surface area (Å²) >= 11 is 0. The number of rotatable bonds is 12. The average Bonchev–Trinajstić information content (AvgIpc) is 3.45. The molecule has 5 rings (SSSR count). The molecule has 0 saturated carbocycles. The summed E-state index contributed by atoms with van der Waals surface area (Å²) in [7, 11) is -3.45. The van der Waals surface area contributed by atoms with Crippen molar-refractivity contribution in [1.29, 1.82) is 0 Å². The maximum Gasteiger partial charge on any atom is 0.251 e. The molecule has 0 radical (unpaired) electrons.